The van der Waals surface area contributed by atoms with E-state index in [0.29, 0.717) is 22.1 Å². The van der Waals surface area contributed by atoms with E-state index in [1.165, 1.54) is 0 Å². The highest BCUT2D eigenvalue weighted by Gasteiger charge is 2.08. The summed E-state index contributed by atoms with van der Waals surface area (Å²) in [5, 5.41) is 10.0. The van der Waals surface area contributed by atoms with Gasteiger partial charge in [0.25, 0.3) is 0 Å². The number of hydrogen-bond donors (Lipinski definition) is 0. The summed E-state index contributed by atoms with van der Waals surface area (Å²) in [5.41, 5.74) is 2.22. The maximum atomic E-state index is 9.37. The molecule has 2 rings (SSSR count). The average Bonchev–Trinajstić information content (AvgIpc) is 2.53. The summed E-state index contributed by atoms with van der Waals surface area (Å²) < 4.78 is 10.5. The molecule has 0 spiro atoms. The lowest BCUT2D eigenvalue weighted by Crippen LogP contribution is -1.92. The largest absolute Gasteiger partial charge is 0.493 e. The van der Waals surface area contributed by atoms with Crippen molar-refractivity contribution in [2.24, 2.45) is 0 Å². The number of halogens is 1. The van der Waals surface area contributed by atoms with Crippen molar-refractivity contribution in [3.63, 3.8) is 0 Å². The first-order valence-corrected chi connectivity index (χ1v) is 6.65. The predicted octanol–water partition coefficient (Wildman–Crippen LogP) is 4.42. The van der Waals surface area contributed by atoms with Gasteiger partial charge in [-0.3, -0.25) is 0 Å². The Morgan fingerprint density at radius 1 is 1.05 bits per heavy atom. The SMILES string of the molecule is COc1ccc(C(C#N)=Cc2ccc(Cl)cc2)cc1OC. The number of nitrogens with zero attached hydrogens (tertiary/aromatic N) is 1. The van der Waals surface area contributed by atoms with E-state index in [4.69, 9.17) is 21.1 Å². The van der Waals surface area contributed by atoms with Crippen LogP contribution in [0.15, 0.2) is 42.5 Å². The van der Waals surface area contributed by atoms with Crippen LogP contribution < -0.4 is 9.47 Å². The van der Waals surface area contributed by atoms with Crippen molar-refractivity contribution in [3.05, 3.63) is 58.6 Å². The molecule has 0 radical (unpaired) electrons. The molecule has 3 nitrogen and oxygen atoms in total. The van der Waals surface area contributed by atoms with E-state index in [2.05, 4.69) is 6.07 Å². The van der Waals surface area contributed by atoms with Crippen LogP contribution in [-0.2, 0) is 0 Å². The summed E-state index contributed by atoms with van der Waals surface area (Å²) in [6.07, 6.45) is 1.80. The summed E-state index contributed by atoms with van der Waals surface area (Å²) in [7, 11) is 3.14. The van der Waals surface area contributed by atoms with Gasteiger partial charge in [-0.25, -0.2) is 0 Å². The third-order valence-corrected chi connectivity index (χ3v) is 3.25. The molecular formula is C17H14ClNO2. The summed E-state index contributed by atoms with van der Waals surface area (Å²) in [5.74, 6) is 1.22. The van der Waals surface area contributed by atoms with Gasteiger partial charge >= 0.3 is 0 Å². The maximum Gasteiger partial charge on any atom is 0.161 e. The number of hydrogen-bond acceptors (Lipinski definition) is 3. The van der Waals surface area contributed by atoms with E-state index in [9.17, 15) is 5.26 Å². The second-order valence-corrected chi connectivity index (χ2v) is 4.73. The van der Waals surface area contributed by atoms with Gasteiger partial charge in [-0.2, -0.15) is 5.26 Å². The fourth-order valence-electron chi connectivity index (χ4n) is 1.91. The summed E-state index contributed by atoms with van der Waals surface area (Å²) in [4.78, 5) is 0. The van der Waals surface area contributed by atoms with E-state index in [-0.39, 0.29) is 0 Å². The van der Waals surface area contributed by atoms with E-state index in [1.54, 1.807) is 44.6 Å². The van der Waals surface area contributed by atoms with Crippen LogP contribution in [-0.4, -0.2) is 14.2 Å². The van der Waals surface area contributed by atoms with Gasteiger partial charge in [0.15, 0.2) is 11.5 Å². The minimum absolute atomic E-state index is 0.540. The van der Waals surface area contributed by atoms with Gasteiger partial charge < -0.3 is 9.47 Å². The molecule has 0 saturated heterocycles. The van der Waals surface area contributed by atoms with Crippen LogP contribution >= 0.6 is 11.6 Å². The number of methoxy groups -OCH3 is 2. The first kappa shape index (κ1) is 15.0. The van der Waals surface area contributed by atoms with Crippen molar-refractivity contribution in [2.45, 2.75) is 0 Å². The number of rotatable bonds is 4. The molecule has 0 amide bonds. The first-order chi connectivity index (χ1) is 10.2. The third-order valence-electron chi connectivity index (χ3n) is 3.00. The van der Waals surface area contributed by atoms with Gasteiger partial charge in [-0.1, -0.05) is 23.7 Å². The summed E-state index contributed by atoms with van der Waals surface area (Å²) in [6.45, 7) is 0. The highest BCUT2D eigenvalue weighted by Crippen LogP contribution is 2.30. The Morgan fingerprint density at radius 2 is 1.71 bits per heavy atom. The van der Waals surface area contributed by atoms with E-state index >= 15 is 0 Å². The zero-order chi connectivity index (χ0) is 15.2. The van der Waals surface area contributed by atoms with Crippen LogP contribution in [0, 0.1) is 11.3 Å². The molecule has 106 valence electrons. The Bertz CT molecular complexity index is 700. The van der Waals surface area contributed by atoms with Gasteiger partial charge in [-0.05, 0) is 47.5 Å². The lowest BCUT2D eigenvalue weighted by molar-refractivity contribution is 0.355. The van der Waals surface area contributed by atoms with Gasteiger partial charge in [0.05, 0.1) is 25.9 Å². The Balaban J connectivity index is 2.42. The molecule has 0 N–H and O–H groups in total. The smallest absolute Gasteiger partial charge is 0.161 e. The second kappa shape index (κ2) is 6.83. The molecule has 0 aliphatic heterocycles. The van der Waals surface area contributed by atoms with Gasteiger partial charge in [0, 0.05) is 5.02 Å². The van der Waals surface area contributed by atoms with Crippen LogP contribution in [0.5, 0.6) is 11.5 Å². The molecule has 0 aliphatic carbocycles. The highest BCUT2D eigenvalue weighted by molar-refractivity contribution is 6.30. The molecule has 0 bridgehead atoms. The molecular weight excluding hydrogens is 286 g/mol. The summed E-state index contributed by atoms with van der Waals surface area (Å²) >= 11 is 5.86. The molecule has 2 aromatic rings. The lowest BCUT2D eigenvalue weighted by Gasteiger charge is -2.09. The monoisotopic (exact) mass is 299 g/mol. The predicted molar refractivity (Wildman–Crippen MR) is 84.5 cm³/mol. The molecule has 0 fully saturated rings. The van der Waals surface area contributed by atoms with Crippen molar-refractivity contribution in [1.82, 2.24) is 0 Å². The molecule has 21 heavy (non-hydrogen) atoms. The van der Waals surface area contributed by atoms with E-state index in [1.807, 2.05) is 18.2 Å². The maximum absolute atomic E-state index is 9.37. The fourth-order valence-corrected chi connectivity index (χ4v) is 2.04. The minimum atomic E-state index is 0.540. The molecule has 0 atom stereocenters. The Morgan fingerprint density at radius 3 is 2.29 bits per heavy atom. The lowest BCUT2D eigenvalue weighted by atomic mass is 10.0. The molecule has 2 aromatic carbocycles. The topological polar surface area (TPSA) is 42.2 Å². The average molecular weight is 300 g/mol. The van der Waals surface area contributed by atoms with Crippen molar-refractivity contribution in [2.75, 3.05) is 14.2 Å². The molecule has 0 aromatic heterocycles. The Hall–Kier alpha value is -2.44. The van der Waals surface area contributed by atoms with E-state index < -0.39 is 0 Å². The second-order valence-electron chi connectivity index (χ2n) is 4.29. The van der Waals surface area contributed by atoms with Crippen molar-refractivity contribution in [1.29, 1.82) is 5.26 Å². The zero-order valence-corrected chi connectivity index (χ0v) is 12.5. The van der Waals surface area contributed by atoms with Gasteiger partial charge in [0.2, 0.25) is 0 Å². The first-order valence-electron chi connectivity index (χ1n) is 6.27. The normalized spacial score (nSPS) is 10.9. The van der Waals surface area contributed by atoms with Crippen LogP contribution in [0.4, 0.5) is 0 Å². The molecule has 4 heteroatoms. The Labute approximate surface area is 129 Å². The zero-order valence-electron chi connectivity index (χ0n) is 11.8. The van der Waals surface area contributed by atoms with Crippen molar-refractivity contribution >= 4 is 23.3 Å². The quantitative estimate of drug-likeness (QED) is 0.620. The standard InChI is InChI=1S/C17H14ClNO2/c1-20-16-8-5-13(10-17(16)21-2)14(11-19)9-12-3-6-15(18)7-4-12/h3-10H,1-2H3. The molecule has 0 unspecified atom stereocenters. The third kappa shape index (κ3) is 3.56. The molecule has 0 aliphatic rings. The number of benzene rings is 2. The van der Waals surface area contributed by atoms with Gasteiger partial charge in [-0.15, -0.1) is 0 Å². The number of allylic oxidation sites excluding steroid dienone is 1. The van der Waals surface area contributed by atoms with Crippen molar-refractivity contribution in [3.8, 4) is 17.6 Å². The molecule has 0 saturated carbocycles. The number of nitriles is 1. The summed E-state index contributed by atoms with van der Waals surface area (Å²) in [6, 6.07) is 14.9. The van der Waals surface area contributed by atoms with Crippen LogP contribution in [0.3, 0.4) is 0 Å². The fraction of sp³-hybridized carbons (Fsp3) is 0.118. The van der Waals surface area contributed by atoms with Gasteiger partial charge in [0.1, 0.15) is 0 Å². The van der Waals surface area contributed by atoms with Crippen LogP contribution in [0.25, 0.3) is 11.6 Å². The van der Waals surface area contributed by atoms with Crippen LogP contribution in [0.2, 0.25) is 5.02 Å². The van der Waals surface area contributed by atoms with Crippen LogP contribution in [0.1, 0.15) is 11.1 Å². The highest BCUT2D eigenvalue weighted by atomic mass is 35.5. The van der Waals surface area contributed by atoms with Crippen molar-refractivity contribution < 1.29 is 9.47 Å². The van der Waals surface area contributed by atoms with E-state index in [0.717, 1.165) is 11.1 Å². The Kier molecular flexibility index (Phi) is 4.86. The molecule has 0 heterocycles. The minimum Gasteiger partial charge on any atom is -0.493 e. The number of ether oxygens (including phenoxy) is 2.